The number of rotatable bonds is 6. The van der Waals surface area contributed by atoms with E-state index in [-0.39, 0.29) is 36.4 Å². The monoisotopic (exact) mass is 432 g/mol. The molecule has 0 aromatic carbocycles. The van der Waals surface area contributed by atoms with Gasteiger partial charge < -0.3 is 19.4 Å². The quantitative estimate of drug-likeness (QED) is 0.598. The molecular formula is C20H19F3N6O2. The number of hydrogen-bond acceptors (Lipinski definition) is 7. The minimum absolute atomic E-state index is 0.0430. The van der Waals surface area contributed by atoms with Gasteiger partial charge in [0.25, 0.3) is 0 Å². The minimum atomic E-state index is -4.69. The summed E-state index contributed by atoms with van der Waals surface area (Å²) >= 11 is 0. The molecule has 1 atom stereocenters. The number of nitrogens with one attached hydrogen (secondary N) is 1. The zero-order valence-electron chi connectivity index (χ0n) is 16.6. The van der Waals surface area contributed by atoms with E-state index in [4.69, 9.17) is 9.47 Å². The number of aromatic nitrogens is 4. The summed E-state index contributed by atoms with van der Waals surface area (Å²) in [5, 5.41) is 12.9. The highest BCUT2D eigenvalue weighted by Crippen LogP contribution is 2.38. The van der Waals surface area contributed by atoms with Crippen LogP contribution in [0.25, 0.3) is 22.3 Å². The predicted molar refractivity (Wildman–Crippen MR) is 104 cm³/mol. The van der Waals surface area contributed by atoms with E-state index in [2.05, 4.69) is 20.3 Å². The van der Waals surface area contributed by atoms with E-state index >= 15 is 0 Å². The molecule has 3 aromatic heterocycles. The van der Waals surface area contributed by atoms with Crippen LogP contribution < -0.4 is 10.1 Å². The van der Waals surface area contributed by atoms with Crippen LogP contribution in [0.5, 0.6) is 5.88 Å². The molecule has 0 saturated carbocycles. The number of nitriles is 1. The van der Waals surface area contributed by atoms with Crippen molar-refractivity contribution in [2.75, 3.05) is 26.3 Å². The fraction of sp³-hybridized carbons (Fsp3) is 0.400. The van der Waals surface area contributed by atoms with Gasteiger partial charge in [0.2, 0.25) is 11.7 Å². The van der Waals surface area contributed by atoms with E-state index in [9.17, 15) is 18.4 Å². The van der Waals surface area contributed by atoms with E-state index in [0.717, 1.165) is 25.6 Å². The van der Waals surface area contributed by atoms with Crippen LogP contribution in [0.1, 0.15) is 17.8 Å². The Balaban J connectivity index is 1.63. The van der Waals surface area contributed by atoms with Crippen molar-refractivity contribution in [1.29, 1.82) is 5.26 Å². The van der Waals surface area contributed by atoms with Crippen molar-refractivity contribution in [2.45, 2.75) is 18.7 Å². The van der Waals surface area contributed by atoms with Crippen LogP contribution >= 0.6 is 0 Å². The maximum atomic E-state index is 13.7. The van der Waals surface area contributed by atoms with Gasteiger partial charge in [0.1, 0.15) is 23.9 Å². The first-order chi connectivity index (χ1) is 14.9. The second-order valence-corrected chi connectivity index (χ2v) is 7.08. The molecule has 1 saturated heterocycles. The predicted octanol–water partition coefficient (Wildman–Crippen LogP) is 2.68. The maximum absolute atomic E-state index is 13.7. The molecule has 11 heteroatoms. The van der Waals surface area contributed by atoms with Crippen molar-refractivity contribution in [3.63, 3.8) is 0 Å². The van der Waals surface area contributed by atoms with E-state index in [0.29, 0.717) is 11.0 Å². The largest absolute Gasteiger partial charge is 0.475 e. The number of ether oxygens (including phenoxy) is 2. The average molecular weight is 432 g/mol. The average Bonchev–Trinajstić information content (AvgIpc) is 3.40. The zero-order valence-corrected chi connectivity index (χ0v) is 16.6. The number of hydrogen-bond donors (Lipinski definition) is 1. The highest BCUT2D eigenvalue weighted by molar-refractivity contribution is 5.91. The fourth-order valence-electron chi connectivity index (χ4n) is 3.43. The third-order valence-electron chi connectivity index (χ3n) is 4.95. The molecule has 0 unspecified atom stereocenters. The van der Waals surface area contributed by atoms with Gasteiger partial charge >= 0.3 is 6.18 Å². The van der Waals surface area contributed by atoms with Crippen molar-refractivity contribution < 1.29 is 22.6 Å². The third kappa shape index (κ3) is 4.45. The Hall–Kier alpha value is -3.23. The molecule has 1 aliphatic rings. The fourth-order valence-corrected chi connectivity index (χ4v) is 3.43. The highest BCUT2D eigenvalue weighted by atomic mass is 19.4. The SMILES string of the molecule is Cn1ccc2c(-c3cnc(OCCO[C@H]4CCNC4)c(C(F)(F)F)c3)nc(C#N)nc21. The second-order valence-electron chi connectivity index (χ2n) is 7.08. The van der Waals surface area contributed by atoms with Crippen LogP contribution in [-0.4, -0.2) is 51.9 Å². The second kappa shape index (κ2) is 8.49. The van der Waals surface area contributed by atoms with Crippen LogP contribution in [-0.2, 0) is 18.0 Å². The molecule has 0 bridgehead atoms. The Morgan fingerprint density at radius 3 is 2.87 bits per heavy atom. The summed E-state index contributed by atoms with van der Waals surface area (Å²) in [6, 6.07) is 4.45. The Morgan fingerprint density at radius 1 is 1.32 bits per heavy atom. The Bertz CT molecular complexity index is 1130. The van der Waals surface area contributed by atoms with E-state index in [1.165, 1.54) is 6.20 Å². The molecule has 1 fully saturated rings. The molecular weight excluding hydrogens is 413 g/mol. The van der Waals surface area contributed by atoms with Crippen LogP contribution in [0, 0.1) is 11.3 Å². The van der Waals surface area contributed by atoms with Gasteiger partial charge in [0, 0.05) is 36.9 Å². The summed E-state index contributed by atoms with van der Waals surface area (Å²) in [6.07, 6.45) is -0.837. The first-order valence-corrected chi connectivity index (χ1v) is 9.62. The van der Waals surface area contributed by atoms with Gasteiger partial charge in [0.15, 0.2) is 0 Å². The molecule has 1 N–H and O–H groups in total. The molecule has 0 spiro atoms. The summed E-state index contributed by atoms with van der Waals surface area (Å²) in [5.41, 5.74) is -0.269. The summed E-state index contributed by atoms with van der Waals surface area (Å²) < 4.78 is 53.7. The Morgan fingerprint density at radius 2 is 2.16 bits per heavy atom. The molecule has 1 aliphatic heterocycles. The lowest BCUT2D eigenvalue weighted by atomic mass is 10.1. The van der Waals surface area contributed by atoms with Gasteiger partial charge in [-0.15, -0.1) is 0 Å². The van der Waals surface area contributed by atoms with Gasteiger partial charge in [-0.25, -0.2) is 15.0 Å². The first-order valence-electron chi connectivity index (χ1n) is 9.62. The molecule has 0 amide bonds. The van der Waals surface area contributed by atoms with Crippen molar-refractivity contribution in [3.8, 4) is 23.2 Å². The van der Waals surface area contributed by atoms with Gasteiger partial charge in [-0.05, 0) is 25.1 Å². The standard InChI is InChI=1S/C20H19F3N6O2/c1-29-5-3-14-17(27-16(9-24)28-18(14)29)12-8-15(20(21,22)23)19(26-10-12)31-7-6-30-13-2-4-25-11-13/h3,5,8,10,13,25H,2,4,6-7,11H2,1H3/t13-/m0/s1. The van der Waals surface area contributed by atoms with Gasteiger partial charge in [-0.1, -0.05) is 0 Å². The number of aryl methyl sites for hydroxylation is 1. The van der Waals surface area contributed by atoms with Gasteiger partial charge in [0.05, 0.1) is 18.4 Å². The van der Waals surface area contributed by atoms with Crippen molar-refractivity contribution in [1.82, 2.24) is 24.8 Å². The topological polar surface area (TPSA) is 97.9 Å². The van der Waals surface area contributed by atoms with Crippen LogP contribution in [0.4, 0.5) is 13.2 Å². The maximum Gasteiger partial charge on any atom is 0.421 e. The van der Waals surface area contributed by atoms with Gasteiger partial charge in [-0.3, -0.25) is 0 Å². The van der Waals surface area contributed by atoms with Crippen LogP contribution in [0.15, 0.2) is 24.5 Å². The van der Waals surface area contributed by atoms with E-state index in [1.807, 2.05) is 6.07 Å². The molecule has 4 rings (SSSR count). The normalized spacial score (nSPS) is 16.5. The molecule has 31 heavy (non-hydrogen) atoms. The van der Waals surface area contributed by atoms with Crippen molar-refractivity contribution in [3.05, 3.63) is 35.9 Å². The lowest BCUT2D eigenvalue weighted by Gasteiger charge is -2.15. The first kappa shape index (κ1) is 21.0. The van der Waals surface area contributed by atoms with Crippen molar-refractivity contribution >= 4 is 11.0 Å². The highest BCUT2D eigenvalue weighted by Gasteiger charge is 2.36. The number of halogens is 3. The minimum Gasteiger partial charge on any atom is -0.475 e. The van der Waals surface area contributed by atoms with Crippen LogP contribution in [0.2, 0.25) is 0 Å². The van der Waals surface area contributed by atoms with E-state index < -0.39 is 17.6 Å². The molecule has 4 heterocycles. The molecule has 0 aliphatic carbocycles. The molecule has 162 valence electrons. The molecule has 3 aromatic rings. The summed E-state index contributed by atoms with van der Waals surface area (Å²) in [6.45, 7) is 1.69. The summed E-state index contributed by atoms with van der Waals surface area (Å²) in [4.78, 5) is 12.1. The number of fused-ring (bicyclic) bond motifs is 1. The number of alkyl halides is 3. The summed E-state index contributed by atoms with van der Waals surface area (Å²) in [7, 11) is 1.72. The molecule has 8 nitrogen and oxygen atoms in total. The lowest BCUT2D eigenvalue weighted by Crippen LogP contribution is -2.20. The summed E-state index contributed by atoms with van der Waals surface area (Å²) in [5.74, 6) is -0.667. The number of nitrogens with zero attached hydrogens (tertiary/aromatic N) is 5. The molecule has 0 radical (unpaired) electrons. The smallest absolute Gasteiger partial charge is 0.421 e. The van der Waals surface area contributed by atoms with Crippen LogP contribution in [0.3, 0.4) is 0 Å². The number of pyridine rings is 1. The van der Waals surface area contributed by atoms with E-state index in [1.54, 1.807) is 23.9 Å². The zero-order chi connectivity index (χ0) is 22.0. The Kier molecular flexibility index (Phi) is 5.75. The van der Waals surface area contributed by atoms with Crippen molar-refractivity contribution in [2.24, 2.45) is 7.05 Å². The van der Waals surface area contributed by atoms with Gasteiger partial charge in [-0.2, -0.15) is 18.4 Å². The lowest BCUT2D eigenvalue weighted by molar-refractivity contribution is -0.139. The Labute approximate surface area is 175 Å². The third-order valence-corrected chi connectivity index (χ3v) is 4.95.